The Kier molecular flexibility index (Phi) is 3.49. The number of benzene rings is 1. The van der Waals surface area contributed by atoms with Gasteiger partial charge in [-0.05, 0) is 44.5 Å². The number of fused-ring (bicyclic) bond motifs is 2. The average Bonchev–Trinajstić information content (AvgIpc) is 3.01. The summed E-state index contributed by atoms with van der Waals surface area (Å²) < 4.78 is 5.65. The Morgan fingerprint density at radius 3 is 2.72 bits per heavy atom. The van der Waals surface area contributed by atoms with E-state index in [1.54, 1.807) is 17.3 Å². The number of hydrogen-bond donors (Lipinski definition) is 1. The summed E-state index contributed by atoms with van der Waals surface area (Å²) in [7, 11) is 0. The molecule has 0 bridgehead atoms. The van der Waals surface area contributed by atoms with E-state index in [1.165, 1.54) is 0 Å². The molecule has 3 heterocycles. The van der Waals surface area contributed by atoms with Crippen LogP contribution in [-0.4, -0.2) is 27.6 Å². The predicted octanol–water partition coefficient (Wildman–Crippen LogP) is 4.23. The summed E-state index contributed by atoms with van der Waals surface area (Å²) >= 11 is 0. The zero-order valence-electron chi connectivity index (χ0n) is 14.5. The van der Waals surface area contributed by atoms with Crippen molar-refractivity contribution in [1.29, 1.82) is 0 Å². The Labute approximate surface area is 145 Å². The van der Waals surface area contributed by atoms with Crippen LogP contribution in [0.4, 0.5) is 10.5 Å². The Morgan fingerprint density at radius 2 is 2.00 bits per heavy atom. The van der Waals surface area contributed by atoms with Crippen LogP contribution in [0.15, 0.2) is 36.7 Å². The molecule has 1 aliphatic heterocycles. The van der Waals surface area contributed by atoms with Gasteiger partial charge in [-0.25, -0.2) is 9.78 Å². The first-order valence-electron chi connectivity index (χ1n) is 8.45. The molecule has 0 saturated heterocycles. The highest BCUT2D eigenvalue weighted by Crippen LogP contribution is 2.41. The van der Waals surface area contributed by atoms with Gasteiger partial charge in [0.15, 0.2) is 0 Å². The highest BCUT2D eigenvalue weighted by Gasteiger charge is 2.38. The van der Waals surface area contributed by atoms with Gasteiger partial charge in [0.1, 0.15) is 11.4 Å². The summed E-state index contributed by atoms with van der Waals surface area (Å²) in [5, 5.41) is 0. The summed E-state index contributed by atoms with van der Waals surface area (Å²) in [6, 6.07) is 7.84. The van der Waals surface area contributed by atoms with Crippen molar-refractivity contribution in [1.82, 2.24) is 15.0 Å². The molecule has 0 spiro atoms. The van der Waals surface area contributed by atoms with Crippen LogP contribution in [0.1, 0.15) is 32.8 Å². The molecule has 4 rings (SSSR count). The van der Waals surface area contributed by atoms with Crippen LogP contribution < -0.4 is 4.90 Å². The lowest BCUT2D eigenvalue weighted by Crippen LogP contribution is -2.43. The average molecular weight is 336 g/mol. The van der Waals surface area contributed by atoms with Gasteiger partial charge < -0.3 is 9.72 Å². The fraction of sp³-hybridized carbons (Fsp3) is 0.316. The molecule has 1 N–H and O–H groups in total. The number of carbonyl (C=O) groups is 1. The van der Waals surface area contributed by atoms with Crippen molar-refractivity contribution in [2.75, 3.05) is 11.4 Å². The Balaban J connectivity index is 1.90. The monoisotopic (exact) mass is 336 g/mol. The first-order chi connectivity index (χ1) is 12.0. The number of cyclic esters (lactones) is 1. The zero-order valence-corrected chi connectivity index (χ0v) is 14.5. The number of amides is 1. The quantitative estimate of drug-likeness (QED) is 0.777. The van der Waals surface area contributed by atoms with Crippen LogP contribution in [0.25, 0.3) is 22.4 Å². The van der Waals surface area contributed by atoms with Crippen molar-refractivity contribution in [3.05, 3.63) is 42.2 Å². The van der Waals surface area contributed by atoms with Gasteiger partial charge in [0, 0.05) is 30.1 Å². The van der Waals surface area contributed by atoms with Crippen molar-refractivity contribution < 1.29 is 9.53 Å². The number of imidazole rings is 1. The smallest absolute Gasteiger partial charge is 0.415 e. The van der Waals surface area contributed by atoms with Crippen LogP contribution in [0.3, 0.4) is 0 Å². The van der Waals surface area contributed by atoms with E-state index >= 15 is 0 Å². The first-order valence-corrected chi connectivity index (χ1v) is 8.45. The second kappa shape index (κ2) is 5.58. The minimum absolute atomic E-state index is 0.302. The number of hydrogen-bond acceptors (Lipinski definition) is 4. The van der Waals surface area contributed by atoms with Gasteiger partial charge in [-0.15, -0.1) is 0 Å². The summed E-state index contributed by atoms with van der Waals surface area (Å²) in [6.07, 6.45) is 4.04. The standard InChI is InChI=1S/C19H20N4O2/c1-4-9-23-16-11-15-14(10-13(16)19(2,3)25-18(23)24)21-17(22-15)12-5-7-20-8-6-12/h5-8,10-11H,4,9H2,1-3H3,(H,21,22). The van der Waals surface area contributed by atoms with Crippen molar-refractivity contribution in [3.63, 3.8) is 0 Å². The van der Waals surface area contributed by atoms with E-state index in [0.29, 0.717) is 6.54 Å². The molecule has 0 saturated carbocycles. The van der Waals surface area contributed by atoms with E-state index in [2.05, 4.69) is 9.97 Å². The molecule has 6 heteroatoms. The van der Waals surface area contributed by atoms with E-state index in [-0.39, 0.29) is 6.09 Å². The van der Waals surface area contributed by atoms with Gasteiger partial charge in [-0.2, -0.15) is 0 Å². The summed E-state index contributed by atoms with van der Waals surface area (Å²) in [5.41, 5.74) is 3.92. The van der Waals surface area contributed by atoms with Gasteiger partial charge in [0.2, 0.25) is 0 Å². The lowest BCUT2D eigenvalue weighted by atomic mass is 9.93. The lowest BCUT2D eigenvalue weighted by Gasteiger charge is -2.38. The van der Waals surface area contributed by atoms with Crippen LogP contribution in [0, 0.1) is 0 Å². The zero-order chi connectivity index (χ0) is 17.6. The van der Waals surface area contributed by atoms with Crippen LogP contribution in [0.2, 0.25) is 0 Å². The number of aromatic nitrogens is 3. The molecule has 1 aliphatic rings. The van der Waals surface area contributed by atoms with Crippen molar-refractivity contribution in [2.24, 2.45) is 0 Å². The third kappa shape index (κ3) is 2.54. The van der Waals surface area contributed by atoms with E-state index < -0.39 is 5.60 Å². The topological polar surface area (TPSA) is 71.1 Å². The third-order valence-electron chi connectivity index (χ3n) is 4.50. The van der Waals surface area contributed by atoms with Crippen molar-refractivity contribution >= 4 is 22.8 Å². The second-order valence-electron chi connectivity index (χ2n) is 6.74. The second-order valence-corrected chi connectivity index (χ2v) is 6.74. The maximum Gasteiger partial charge on any atom is 0.415 e. The summed E-state index contributed by atoms with van der Waals surface area (Å²) in [4.78, 5) is 26.2. The summed E-state index contributed by atoms with van der Waals surface area (Å²) in [6.45, 7) is 6.49. The summed E-state index contributed by atoms with van der Waals surface area (Å²) in [5.74, 6) is 0.784. The number of anilines is 1. The van der Waals surface area contributed by atoms with Gasteiger partial charge in [0.25, 0.3) is 0 Å². The molecule has 25 heavy (non-hydrogen) atoms. The van der Waals surface area contributed by atoms with Crippen molar-refractivity contribution in [3.8, 4) is 11.4 Å². The first kappa shape index (κ1) is 15.6. The minimum atomic E-state index is -0.674. The number of nitrogens with one attached hydrogen (secondary N) is 1. The highest BCUT2D eigenvalue weighted by atomic mass is 16.6. The maximum atomic E-state index is 12.4. The molecule has 0 unspecified atom stereocenters. The van der Waals surface area contributed by atoms with Crippen LogP contribution >= 0.6 is 0 Å². The normalized spacial score (nSPS) is 16.0. The SMILES string of the molecule is CCCN1C(=O)OC(C)(C)c2cc3[nH]c(-c4ccncc4)nc3cc21. The molecule has 0 radical (unpaired) electrons. The van der Waals surface area contributed by atoms with Crippen molar-refractivity contribution in [2.45, 2.75) is 32.8 Å². The number of aromatic amines is 1. The molecule has 0 aliphatic carbocycles. The molecule has 1 amide bonds. The molecular weight excluding hydrogens is 316 g/mol. The van der Waals surface area contributed by atoms with Gasteiger partial charge in [-0.3, -0.25) is 9.88 Å². The highest BCUT2D eigenvalue weighted by molar-refractivity contribution is 5.95. The minimum Gasteiger partial charge on any atom is -0.438 e. The molecule has 2 aromatic heterocycles. The van der Waals surface area contributed by atoms with Crippen LogP contribution in [-0.2, 0) is 10.3 Å². The number of carbonyl (C=O) groups excluding carboxylic acids is 1. The fourth-order valence-electron chi connectivity index (χ4n) is 3.26. The number of rotatable bonds is 3. The van der Waals surface area contributed by atoms with E-state index in [1.807, 2.05) is 45.0 Å². The van der Waals surface area contributed by atoms with Gasteiger partial charge in [-0.1, -0.05) is 6.92 Å². The number of nitrogens with zero attached hydrogens (tertiary/aromatic N) is 3. The Morgan fingerprint density at radius 1 is 1.24 bits per heavy atom. The maximum absolute atomic E-state index is 12.4. The number of pyridine rings is 1. The van der Waals surface area contributed by atoms with Crippen LogP contribution in [0.5, 0.6) is 0 Å². The molecular formula is C19H20N4O2. The predicted molar refractivity (Wildman–Crippen MR) is 96.5 cm³/mol. The van der Waals surface area contributed by atoms with Gasteiger partial charge >= 0.3 is 6.09 Å². The lowest BCUT2D eigenvalue weighted by molar-refractivity contribution is 0.0352. The Bertz CT molecular complexity index is 947. The fourth-order valence-corrected chi connectivity index (χ4v) is 3.26. The van der Waals surface area contributed by atoms with E-state index in [0.717, 1.165) is 40.1 Å². The molecule has 0 fully saturated rings. The number of H-pyrrole nitrogens is 1. The molecule has 6 nitrogen and oxygen atoms in total. The van der Waals surface area contributed by atoms with E-state index in [4.69, 9.17) is 9.72 Å². The largest absolute Gasteiger partial charge is 0.438 e. The number of ether oxygens (including phenoxy) is 1. The van der Waals surface area contributed by atoms with E-state index in [9.17, 15) is 4.79 Å². The third-order valence-corrected chi connectivity index (χ3v) is 4.50. The Hall–Kier alpha value is -2.89. The molecule has 3 aromatic rings. The molecule has 0 atom stereocenters. The molecule has 1 aromatic carbocycles. The van der Waals surface area contributed by atoms with Gasteiger partial charge in [0.05, 0.1) is 16.7 Å². The molecule has 128 valence electrons.